The van der Waals surface area contributed by atoms with E-state index in [2.05, 4.69) is 26.0 Å². The molecule has 1 aromatic carbocycles. The molecule has 1 rings (SSSR count). The van der Waals surface area contributed by atoms with E-state index >= 15 is 0 Å². The molecule has 0 bridgehead atoms. The van der Waals surface area contributed by atoms with Gasteiger partial charge in [-0.2, -0.15) is 0 Å². The Morgan fingerprint density at radius 3 is 2.88 bits per heavy atom. The van der Waals surface area contributed by atoms with Crippen molar-refractivity contribution in [1.29, 1.82) is 0 Å². The molecule has 0 atom stereocenters. The SMILES string of the molecule is COC(=O)/C(C)=C/CNc1ccc(Cl)cc1Br. The molecule has 0 aliphatic rings. The van der Waals surface area contributed by atoms with E-state index in [-0.39, 0.29) is 5.97 Å². The summed E-state index contributed by atoms with van der Waals surface area (Å²) in [5.74, 6) is -0.318. The van der Waals surface area contributed by atoms with Gasteiger partial charge < -0.3 is 10.1 Å². The first kappa shape index (κ1) is 14.1. The summed E-state index contributed by atoms with van der Waals surface area (Å²) >= 11 is 9.23. The van der Waals surface area contributed by atoms with Crippen LogP contribution in [0.1, 0.15) is 6.92 Å². The van der Waals surface area contributed by atoms with Gasteiger partial charge in [0, 0.05) is 27.3 Å². The van der Waals surface area contributed by atoms with Gasteiger partial charge in [-0.05, 0) is 41.1 Å². The number of halogens is 2. The summed E-state index contributed by atoms with van der Waals surface area (Å²) in [5.41, 5.74) is 1.49. The lowest BCUT2D eigenvalue weighted by molar-refractivity contribution is -0.136. The molecule has 0 aliphatic carbocycles. The molecule has 1 N–H and O–H groups in total. The van der Waals surface area contributed by atoms with Gasteiger partial charge in [-0.1, -0.05) is 17.7 Å². The standard InChI is InChI=1S/C12H13BrClNO2/c1-8(12(16)17-2)5-6-15-11-4-3-9(14)7-10(11)13/h3-5,7,15H,6H2,1-2H3/b8-5+. The third-order valence-electron chi connectivity index (χ3n) is 2.14. The minimum atomic E-state index is -0.318. The molecule has 1 aromatic rings. The highest BCUT2D eigenvalue weighted by molar-refractivity contribution is 9.10. The molecule has 0 saturated heterocycles. The van der Waals surface area contributed by atoms with Crippen LogP contribution in [0.25, 0.3) is 0 Å². The lowest BCUT2D eigenvalue weighted by Crippen LogP contribution is -2.05. The average molecular weight is 319 g/mol. The number of ether oxygens (including phenoxy) is 1. The quantitative estimate of drug-likeness (QED) is 0.680. The number of benzene rings is 1. The first-order chi connectivity index (χ1) is 8.04. The van der Waals surface area contributed by atoms with Crippen LogP contribution in [0.15, 0.2) is 34.3 Å². The highest BCUT2D eigenvalue weighted by Gasteiger charge is 2.02. The van der Waals surface area contributed by atoms with Crippen LogP contribution in [0, 0.1) is 0 Å². The lowest BCUT2D eigenvalue weighted by atomic mass is 10.2. The molecular formula is C12H13BrClNO2. The molecule has 5 heteroatoms. The molecule has 17 heavy (non-hydrogen) atoms. The van der Waals surface area contributed by atoms with Crippen LogP contribution < -0.4 is 5.32 Å². The maximum Gasteiger partial charge on any atom is 0.333 e. The summed E-state index contributed by atoms with van der Waals surface area (Å²) in [5, 5.41) is 3.83. The van der Waals surface area contributed by atoms with Crippen LogP contribution in [0.5, 0.6) is 0 Å². The number of rotatable bonds is 4. The van der Waals surface area contributed by atoms with Crippen molar-refractivity contribution in [2.24, 2.45) is 0 Å². The van der Waals surface area contributed by atoms with Crippen LogP contribution >= 0.6 is 27.5 Å². The van der Waals surface area contributed by atoms with E-state index in [1.165, 1.54) is 7.11 Å². The van der Waals surface area contributed by atoms with Gasteiger partial charge in [-0.15, -0.1) is 0 Å². The first-order valence-corrected chi connectivity index (χ1v) is 6.15. The Bertz CT molecular complexity index is 446. The zero-order chi connectivity index (χ0) is 12.8. The van der Waals surface area contributed by atoms with Crippen molar-refractivity contribution in [3.63, 3.8) is 0 Å². The van der Waals surface area contributed by atoms with Gasteiger partial charge in [-0.25, -0.2) is 4.79 Å². The van der Waals surface area contributed by atoms with Crippen molar-refractivity contribution in [3.05, 3.63) is 39.3 Å². The van der Waals surface area contributed by atoms with Gasteiger partial charge in [0.15, 0.2) is 0 Å². The molecule has 0 unspecified atom stereocenters. The Morgan fingerprint density at radius 2 is 2.29 bits per heavy atom. The second-order valence-electron chi connectivity index (χ2n) is 3.38. The second kappa shape index (κ2) is 6.67. The summed E-state index contributed by atoms with van der Waals surface area (Å²) in [4.78, 5) is 11.1. The van der Waals surface area contributed by atoms with Gasteiger partial charge in [0.2, 0.25) is 0 Å². The minimum Gasteiger partial charge on any atom is -0.466 e. The largest absolute Gasteiger partial charge is 0.466 e. The van der Waals surface area contributed by atoms with Crippen molar-refractivity contribution in [1.82, 2.24) is 0 Å². The van der Waals surface area contributed by atoms with Crippen molar-refractivity contribution in [2.45, 2.75) is 6.92 Å². The van der Waals surface area contributed by atoms with E-state index in [1.54, 1.807) is 25.1 Å². The normalized spacial score (nSPS) is 11.2. The number of carbonyl (C=O) groups excluding carboxylic acids is 1. The fourth-order valence-corrected chi connectivity index (χ4v) is 2.01. The maximum absolute atomic E-state index is 11.1. The summed E-state index contributed by atoms with van der Waals surface area (Å²) in [6, 6.07) is 5.47. The van der Waals surface area contributed by atoms with Gasteiger partial charge in [0.05, 0.1) is 7.11 Å². The smallest absolute Gasteiger partial charge is 0.333 e. The number of carbonyl (C=O) groups is 1. The Morgan fingerprint density at radius 1 is 1.59 bits per heavy atom. The molecule has 0 aliphatic heterocycles. The molecule has 0 heterocycles. The number of methoxy groups -OCH3 is 1. The Hall–Kier alpha value is -1.000. The first-order valence-electron chi connectivity index (χ1n) is 4.98. The van der Waals surface area contributed by atoms with Crippen LogP contribution in [0.4, 0.5) is 5.69 Å². The highest BCUT2D eigenvalue weighted by Crippen LogP contribution is 2.25. The fourth-order valence-electron chi connectivity index (χ4n) is 1.19. The fraction of sp³-hybridized carbons (Fsp3) is 0.250. The van der Waals surface area contributed by atoms with Gasteiger partial charge in [0.25, 0.3) is 0 Å². The van der Waals surface area contributed by atoms with Crippen molar-refractivity contribution >= 4 is 39.2 Å². The summed E-state index contributed by atoms with van der Waals surface area (Å²) < 4.78 is 5.48. The van der Waals surface area contributed by atoms with Crippen molar-refractivity contribution < 1.29 is 9.53 Å². The number of anilines is 1. The number of esters is 1. The predicted octanol–water partition coefficient (Wildman–Crippen LogP) is 3.63. The summed E-state index contributed by atoms with van der Waals surface area (Å²) in [6.45, 7) is 2.26. The molecule has 0 radical (unpaired) electrons. The van der Waals surface area contributed by atoms with Crippen molar-refractivity contribution in [2.75, 3.05) is 19.0 Å². The third-order valence-corrected chi connectivity index (χ3v) is 3.03. The third kappa shape index (κ3) is 4.40. The Balaban J connectivity index is 2.59. The molecule has 92 valence electrons. The van der Waals surface area contributed by atoms with Crippen LogP contribution in [-0.4, -0.2) is 19.6 Å². The summed E-state index contributed by atoms with van der Waals surface area (Å²) in [6.07, 6.45) is 1.77. The average Bonchev–Trinajstić information content (AvgIpc) is 2.30. The molecule has 0 saturated carbocycles. The van der Waals surface area contributed by atoms with Gasteiger partial charge in [0.1, 0.15) is 0 Å². The van der Waals surface area contributed by atoms with E-state index < -0.39 is 0 Å². The van der Waals surface area contributed by atoms with Crippen LogP contribution in [0.3, 0.4) is 0 Å². The van der Waals surface area contributed by atoms with Crippen molar-refractivity contribution in [3.8, 4) is 0 Å². The molecule has 3 nitrogen and oxygen atoms in total. The molecule has 0 aromatic heterocycles. The zero-order valence-electron chi connectivity index (χ0n) is 9.59. The number of nitrogens with one attached hydrogen (secondary N) is 1. The maximum atomic E-state index is 11.1. The molecule has 0 amide bonds. The topological polar surface area (TPSA) is 38.3 Å². The van der Waals surface area contributed by atoms with E-state index in [0.717, 1.165) is 10.2 Å². The van der Waals surface area contributed by atoms with Gasteiger partial charge >= 0.3 is 5.97 Å². The zero-order valence-corrected chi connectivity index (χ0v) is 11.9. The number of hydrogen-bond donors (Lipinski definition) is 1. The van der Waals surface area contributed by atoms with Crippen LogP contribution in [-0.2, 0) is 9.53 Å². The Labute approximate surface area is 114 Å². The van der Waals surface area contributed by atoms with Gasteiger partial charge in [-0.3, -0.25) is 0 Å². The highest BCUT2D eigenvalue weighted by atomic mass is 79.9. The molecule has 0 fully saturated rings. The molecular weight excluding hydrogens is 305 g/mol. The number of hydrogen-bond acceptors (Lipinski definition) is 3. The van der Waals surface area contributed by atoms with E-state index in [1.807, 2.05) is 6.07 Å². The van der Waals surface area contributed by atoms with E-state index in [9.17, 15) is 4.79 Å². The minimum absolute atomic E-state index is 0.318. The second-order valence-corrected chi connectivity index (χ2v) is 4.67. The monoisotopic (exact) mass is 317 g/mol. The van der Waals surface area contributed by atoms with E-state index in [4.69, 9.17) is 11.6 Å². The Kier molecular flexibility index (Phi) is 5.51. The lowest BCUT2D eigenvalue weighted by Gasteiger charge is -2.07. The predicted molar refractivity (Wildman–Crippen MR) is 73.4 cm³/mol. The van der Waals surface area contributed by atoms with E-state index in [0.29, 0.717) is 17.1 Å². The van der Waals surface area contributed by atoms with Crippen LogP contribution in [0.2, 0.25) is 5.02 Å². The molecule has 0 spiro atoms. The summed E-state index contributed by atoms with van der Waals surface area (Å²) in [7, 11) is 1.36.